The number of carbonyl (C=O) groups excluding carboxylic acids is 2. The molecule has 0 spiro atoms. The summed E-state index contributed by atoms with van der Waals surface area (Å²) in [5.74, 6) is -0.0790. The molecular weight excluding hydrogens is 558 g/mol. The average molecular weight is 615 g/mol. The van der Waals surface area contributed by atoms with Gasteiger partial charge in [0.25, 0.3) is 0 Å². The smallest absolute Gasteiger partial charge is 0.407 e. The van der Waals surface area contributed by atoms with Crippen LogP contribution in [0.3, 0.4) is 0 Å². The number of alkyl carbamates (subject to hydrolysis) is 1. The normalized spacial score (nSPS) is 11.4. The van der Waals surface area contributed by atoms with Crippen molar-refractivity contribution >= 4 is 12.0 Å². The van der Waals surface area contributed by atoms with Crippen molar-refractivity contribution in [3.63, 3.8) is 0 Å². The van der Waals surface area contributed by atoms with E-state index in [4.69, 9.17) is 9.47 Å². The molecule has 1 atom stereocenters. The van der Waals surface area contributed by atoms with Crippen molar-refractivity contribution in [3.8, 4) is 0 Å². The third-order valence-electron chi connectivity index (χ3n) is 6.83. The van der Waals surface area contributed by atoms with Crippen molar-refractivity contribution in [1.82, 2.24) is 10.6 Å². The summed E-state index contributed by atoms with van der Waals surface area (Å²) >= 11 is 0. The van der Waals surface area contributed by atoms with Crippen LogP contribution < -0.4 is 32.2 Å². The fraction of sp³-hybridized carbons (Fsp3) is 0.774. The lowest BCUT2D eigenvalue weighted by Crippen LogP contribution is -3.00. The number of hydrogen-bond acceptors (Lipinski definition) is 4. The van der Waals surface area contributed by atoms with Gasteiger partial charge in [-0.15, -0.1) is 0 Å². The van der Waals surface area contributed by atoms with E-state index in [0.29, 0.717) is 19.6 Å². The largest absolute Gasteiger partial charge is 1.00 e. The number of hydrogen-bond donors (Lipinski definition) is 2. The van der Waals surface area contributed by atoms with Crippen molar-refractivity contribution in [3.05, 3.63) is 30.6 Å². The van der Waals surface area contributed by atoms with Crippen molar-refractivity contribution < 1.29 is 40.6 Å². The van der Waals surface area contributed by atoms with Gasteiger partial charge in [0.05, 0.1) is 19.6 Å². The number of carbonyl (C=O) groups is 2. The average Bonchev–Trinajstić information content (AvgIpc) is 2.94. The van der Waals surface area contributed by atoms with Crippen LogP contribution in [0.15, 0.2) is 30.6 Å². The van der Waals surface area contributed by atoms with Crippen LogP contribution in [-0.4, -0.2) is 44.9 Å². The highest BCUT2D eigenvalue weighted by Crippen LogP contribution is 2.13. The monoisotopic (exact) mass is 613 g/mol. The van der Waals surface area contributed by atoms with Gasteiger partial charge in [-0.1, -0.05) is 109 Å². The summed E-state index contributed by atoms with van der Waals surface area (Å²) in [6.45, 7) is 4.04. The summed E-state index contributed by atoms with van der Waals surface area (Å²) in [7, 11) is 1.52. The number of amides is 2. The number of nitrogens with zero attached hydrogens (tertiary/aromatic N) is 1. The van der Waals surface area contributed by atoms with E-state index in [2.05, 4.69) is 17.6 Å². The molecule has 1 unspecified atom stereocenters. The third-order valence-corrected chi connectivity index (χ3v) is 6.83. The fourth-order valence-corrected chi connectivity index (χ4v) is 4.44. The summed E-state index contributed by atoms with van der Waals surface area (Å²) in [4.78, 5) is 23.9. The highest BCUT2D eigenvalue weighted by molar-refractivity contribution is 5.75. The number of rotatable bonds is 25. The topological polar surface area (TPSA) is 80.5 Å². The molecule has 2 amide bonds. The van der Waals surface area contributed by atoms with Crippen molar-refractivity contribution in [2.24, 2.45) is 0 Å². The van der Waals surface area contributed by atoms with Crippen LogP contribution in [-0.2, 0) is 20.8 Å². The van der Waals surface area contributed by atoms with Gasteiger partial charge in [0.2, 0.25) is 5.91 Å². The zero-order valence-electron chi connectivity index (χ0n) is 24.8. The Labute approximate surface area is 249 Å². The van der Waals surface area contributed by atoms with E-state index >= 15 is 0 Å². The van der Waals surface area contributed by atoms with E-state index in [0.717, 1.165) is 12.8 Å². The highest BCUT2D eigenvalue weighted by Gasteiger charge is 2.16. The molecule has 0 aliphatic heterocycles. The first-order chi connectivity index (χ1) is 18.7. The number of aryl methyl sites for hydroxylation is 1. The summed E-state index contributed by atoms with van der Waals surface area (Å²) in [6, 6.07) is 5.81. The zero-order valence-corrected chi connectivity index (χ0v) is 26.4. The number of nitrogens with one attached hydrogen (secondary N) is 2. The van der Waals surface area contributed by atoms with E-state index in [9.17, 15) is 9.59 Å². The minimum atomic E-state index is -0.518. The Morgan fingerprint density at radius 2 is 1.28 bits per heavy atom. The van der Waals surface area contributed by atoms with Gasteiger partial charge in [-0.05, 0) is 6.42 Å². The van der Waals surface area contributed by atoms with Crippen molar-refractivity contribution in [2.75, 3.05) is 26.8 Å². The van der Waals surface area contributed by atoms with Gasteiger partial charge in [-0.3, -0.25) is 4.79 Å². The van der Waals surface area contributed by atoms with Gasteiger partial charge in [0, 0.05) is 25.8 Å². The maximum Gasteiger partial charge on any atom is 0.407 e. The maximum absolute atomic E-state index is 12.2. The minimum Gasteiger partial charge on any atom is -1.00 e. The molecule has 0 radical (unpaired) electrons. The lowest BCUT2D eigenvalue weighted by Gasteiger charge is -2.18. The molecule has 0 aliphatic rings. The molecule has 0 aliphatic carbocycles. The van der Waals surface area contributed by atoms with Crippen LogP contribution in [0, 0.1) is 0 Å². The second-order valence-corrected chi connectivity index (χ2v) is 10.3. The SMILES string of the molecule is CCCCCCCCCCCCCCCCCCOCC(CNC(=O)CC[n+]1ccccc1)OC(=O)NC.[Br-]. The second-order valence-electron chi connectivity index (χ2n) is 10.3. The van der Waals surface area contributed by atoms with E-state index < -0.39 is 12.2 Å². The number of pyridine rings is 1. The molecule has 1 heterocycles. The Kier molecular flexibility index (Phi) is 26.7. The molecule has 1 rings (SSSR count). The van der Waals surface area contributed by atoms with Gasteiger partial charge in [-0.2, -0.15) is 0 Å². The fourth-order valence-electron chi connectivity index (χ4n) is 4.44. The lowest BCUT2D eigenvalue weighted by molar-refractivity contribution is -0.695. The van der Waals surface area contributed by atoms with Crippen LogP contribution in [0.1, 0.15) is 116 Å². The number of ether oxygens (including phenoxy) is 2. The summed E-state index contributed by atoms with van der Waals surface area (Å²) in [5, 5.41) is 5.31. The molecule has 8 heteroatoms. The van der Waals surface area contributed by atoms with E-state index in [1.807, 2.05) is 35.2 Å². The molecule has 0 saturated carbocycles. The first-order valence-corrected chi connectivity index (χ1v) is 15.3. The van der Waals surface area contributed by atoms with Gasteiger partial charge in [0.1, 0.15) is 6.10 Å². The Hall–Kier alpha value is -1.67. The number of halogens is 1. The second kappa shape index (κ2) is 27.9. The molecule has 0 fully saturated rings. The van der Waals surface area contributed by atoms with Crippen LogP contribution >= 0.6 is 0 Å². The Morgan fingerprint density at radius 1 is 0.769 bits per heavy atom. The van der Waals surface area contributed by atoms with Gasteiger partial charge < -0.3 is 37.1 Å². The van der Waals surface area contributed by atoms with Gasteiger partial charge in [0.15, 0.2) is 18.9 Å². The summed E-state index contributed by atoms with van der Waals surface area (Å²) in [5.41, 5.74) is 0. The minimum absolute atomic E-state index is 0. The van der Waals surface area contributed by atoms with Gasteiger partial charge in [-0.25, -0.2) is 9.36 Å². The standard InChI is InChI=1S/C31H55N3O4.BrH/c1-3-4-5-6-7-8-9-10-11-12-13-14-15-16-17-21-26-37-28-29(38-31(36)32-2)27-33-30(35)22-25-34-23-19-18-20-24-34;/h18-20,23-24,29H,3-17,21-22,25-28H2,1-2H3,(H-,32,33,35,36);1H. The lowest BCUT2D eigenvalue weighted by atomic mass is 10.0. The predicted molar refractivity (Wildman–Crippen MR) is 154 cm³/mol. The summed E-state index contributed by atoms with van der Waals surface area (Å²) < 4.78 is 13.1. The molecule has 7 nitrogen and oxygen atoms in total. The quantitative estimate of drug-likeness (QED) is 0.131. The van der Waals surface area contributed by atoms with Crippen LogP contribution in [0.4, 0.5) is 4.79 Å². The number of aromatic nitrogens is 1. The van der Waals surface area contributed by atoms with Crippen LogP contribution in [0.5, 0.6) is 0 Å². The Morgan fingerprint density at radius 3 is 1.79 bits per heavy atom. The zero-order chi connectivity index (χ0) is 27.5. The predicted octanol–water partition coefficient (Wildman–Crippen LogP) is 3.49. The summed E-state index contributed by atoms with van der Waals surface area (Å²) in [6.07, 6.45) is 24.6. The van der Waals surface area contributed by atoms with Crippen LogP contribution in [0.2, 0.25) is 0 Å². The number of unbranched alkanes of at least 4 members (excludes halogenated alkanes) is 15. The van der Waals surface area contributed by atoms with Crippen LogP contribution in [0.25, 0.3) is 0 Å². The van der Waals surface area contributed by atoms with E-state index in [-0.39, 0.29) is 36.0 Å². The molecular formula is C31H56BrN3O4. The molecule has 39 heavy (non-hydrogen) atoms. The Bertz CT molecular complexity index is 694. The van der Waals surface area contributed by atoms with Gasteiger partial charge >= 0.3 is 6.09 Å². The third kappa shape index (κ3) is 23.9. The molecule has 226 valence electrons. The highest BCUT2D eigenvalue weighted by atomic mass is 79.9. The molecule has 1 aromatic heterocycles. The van der Waals surface area contributed by atoms with Crippen molar-refractivity contribution in [2.45, 2.75) is 129 Å². The first-order valence-electron chi connectivity index (χ1n) is 15.3. The van der Waals surface area contributed by atoms with E-state index in [1.54, 1.807) is 0 Å². The molecule has 0 saturated heterocycles. The molecule has 1 aromatic rings. The first kappa shape index (κ1) is 37.3. The van der Waals surface area contributed by atoms with E-state index in [1.165, 1.54) is 96.9 Å². The molecule has 0 bridgehead atoms. The molecule has 2 N–H and O–H groups in total. The molecule has 0 aromatic carbocycles. The Balaban J connectivity index is 0.0000144. The van der Waals surface area contributed by atoms with Crippen molar-refractivity contribution in [1.29, 1.82) is 0 Å². The maximum atomic E-state index is 12.2.